The molecule has 0 saturated carbocycles. The van der Waals surface area contributed by atoms with Gasteiger partial charge in [0.1, 0.15) is 11.4 Å². The number of hydrogen-bond donors (Lipinski definition) is 0. The fourth-order valence-corrected chi connectivity index (χ4v) is 1.07. The highest BCUT2D eigenvalue weighted by atomic mass is 16.3. The van der Waals surface area contributed by atoms with E-state index in [1.807, 2.05) is 0 Å². The summed E-state index contributed by atoms with van der Waals surface area (Å²) in [5, 5.41) is 5.47. The van der Waals surface area contributed by atoms with Gasteiger partial charge in [0, 0.05) is 0 Å². The molecule has 54 valence electrons. The SMILES string of the molecule is O=NC1=C(N=O)CCCC1. The molecule has 4 nitrogen and oxygen atoms in total. The largest absolute Gasteiger partial charge is 0.145 e. The summed E-state index contributed by atoms with van der Waals surface area (Å²) in [6, 6.07) is 0. The van der Waals surface area contributed by atoms with Crippen molar-refractivity contribution in [1.29, 1.82) is 0 Å². The molecule has 4 heteroatoms. The highest BCUT2D eigenvalue weighted by Gasteiger charge is 2.13. The summed E-state index contributed by atoms with van der Waals surface area (Å²) in [6.07, 6.45) is 3.12. The van der Waals surface area contributed by atoms with Crippen LogP contribution in [0.15, 0.2) is 21.7 Å². The van der Waals surface area contributed by atoms with Crippen LogP contribution in [0.4, 0.5) is 0 Å². The smallest absolute Gasteiger partial charge is 0.110 e. The Morgan fingerprint density at radius 2 is 1.30 bits per heavy atom. The Balaban J connectivity index is 2.81. The number of nitroso groups, excluding NO2 is 2. The monoisotopic (exact) mass is 140 g/mol. The zero-order valence-corrected chi connectivity index (χ0v) is 5.54. The molecule has 0 fully saturated rings. The molecule has 1 rings (SSSR count). The van der Waals surface area contributed by atoms with E-state index in [-0.39, 0.29) is 0 Å². The Morgan fingerprint density at radius 3 is 1.60 bits per heavy atom. The third kappa shape index (κ3) is 1.26. The molecule has 0 unspecified atom stereocenters. The van der Waals surface area contributed by atoms with Crippen molar-refractivity contribution in [2.45, 2.75) is 25.7 Å². The average molecular weight is 140 g/mol. The molecular weight excluding hydrogens is 132 g/mol. The van der Waals surface area contributed by atoms with Crippen molar-refractivity contribution in [2.75, 3.05) is 0 Å². The molecule has 1 aliphatic carbocycles. The van der Waals surface area contributed by atoms with Gasteiger partial charge in [-0.25, -0.2) is 0 Å². The molecule has 0 spiro atoms. The third-order valence-electron chi connectivity index (χ3n) is 1.63. The topological polar surface area (TPSA) is 58.9 Å². The van der Waals surface area contributed by atoms with Crippen LogP contribution in [-0.4, -0.2) is 0 Å². The third-order valence-corrected chi connectivity index (χ3v) is 1.63. The number of allylic oxidation sites excluding steroid dienone is 2. The van der Waals surface area contributed by atoms with E-state index in [2.05, 4.69) is 10.4 Å². The van der Waals surface area contributed by atoms with Crippen LogP contribution in [0.2, 0.25) is 0 Å². The van der Waals surface area contributed by atoms with Crippen molar-refractivity contribution in [3.63, 3.8) is 0 Å². The van der Waals surface area contributed by atoms with E-state index in [1.165, 1.54) is 0 Å². The van der Waals surface area contributed by atoms with E-state index in [0.29, 0.717) is 24.2 Å². The fourth-order valence-electron chi connectivity index (χ4n) is 1.07. The van der Waals surface area contributed by atoms with Crippen molar-refractivity contribution in [3.05, 3.63) is 21.2 Å². The van der Waals surface area contributed by atoms with E-state index in [0.717, 1.165) is 12.8 Å². The van der Waals surface area contributed by atoms with Crippen LogP contribution >= 0.6 is 0 Å². The second-order valence-corrected chi connectivity index (χ2v) is 2.28. The first-order valence-corrected chi connectivity index (χ1v) is 3.27. The molecule has 0 aromatic carbocycles. The lowest BCUT2D eigenvalue weighted by molar-refractivity contribution is 0.660. The van der Waals surface area contributed by atoms with Crippen LogP contribution in [0.3, 0.4) is 0 Å². The van der Waals surface area contributed by atoms with Gasteiger partial charge in [0.25, 0.3) is 0 Å². The average Bonchev–Trinajstić information content (AvgIpc) is 2.04. The van der Waals surface area contributed by atoms with Gasteiger partial charge in [-0.2, -0.15) is 0 Å². The first-order chi connectivity index (χ1) is 4.88. The van der Waals surface area contributed by atoms with Gasteiger partial charge in [-0.05, 0) is 36.0 Å². The normalized spacial score (nSPS) is 18.8. The summed E-state index contributed by atoms with van der Waals surface area (Å²) in [6.45, 7) is 0. The number of hydrogen-bond acceptors (Lipinski definition) is 4. The second kappa shape index (κ2) is 3.20. The summed E-state index contributed by atoms with van der Waals surface area (Å²) in [4.78, 5) is 20.0. The van der Waals surface area contributed by atoms with Crippen LogP contribution < -0.4 is 0 Å². The van der Waals surface area contributed by atoms with Gasteiger partial charge in [0.15, 0.2) is 0 Å². The van der Waals surface area contributed by atoms with E-state index < -0.39 is 0 Å². The molecule has 0 saturated heterocycles. The summed E-state index contributed by atoms with van der Waals surface area (Å²) in [5.74, 6) is 0. The number of nitrogens with zero attached hydrogens (tertiary/aromatic N) is 2. The lowest BCUT2D eigenvalue weighted by Gasteiger charge is -2.07. The summed E-state index contributed by atoms with van der Waals surface area (Å²) in [5.41, 5.74) is 0.697. The predicted octanol–water partition coefficient (Wildman–Crippen LogP) is 2.30. The van der Waals surface area contributed by atoms with Crippen molar-refractivity contribution in [1.82, 2.24) is 0 Å². The highest BCUT2D eigenvalue weighted by molar-refractivity contribution is 5.13. The first kappa shape index (κ1) is 7.05. The van der Waals surface area contributed by atoms with Crippen molar-refractivity contribution < 1.29 is 0 Å². The lowest BCUT2D eigenvalue weighted by atomic mass is 10.0. The molecule has 0 bridgehead atoms. The molecule has 0 heterocycles. The quantitative estimate of drug-likeness (QED) is 0.552. The molecule has 0 atom stereocenters. The van der Waals surface area contributed by atoms with Gasteiger partial charge in [0.2, 0.25) is 0 Å². The molecule has 10 heavy (non-hydrogen) atoms. The van der Waals surface area contributed by atoms with Crippen LogP contribution in [-0.2, 0) is 0 Å². The van der Waals surface area contributed by atoms with Gasteiger partial charge in [-0.15, -0.1) is 9.81 Å². The summed E-state index contributed by atoms with van der Waals surface area (Å²) < 4.78 is 0. The van der Waals surface area contributed by atoms with Crippen molar-refractivity contribution in [2.24, 2.45) is 10.4 Å². The molecule has 0 N–H and O–H groups in total. The number of rotatable bonds is 2. The van der Waals surface area contributed by atoms with Crippen molar-refractivity contribution >= 4 is 0 Å². The fraction of sp³-hybridized carbons (Fsp3) is 0.667. The van der Waals surface area contributed by atoms with Gasteiger partial charge < -0.3 is 0 Å². The zero-order valence-electron chi connectivity index (χ0n) is 5.54. The van der Waals surface area contributed by atoms with E-state index in [9.17, 15) is 9.81 Å². The van der Waals surface area contributed by atoms with E-state index in [1.54, 1.807) is 0 Å². The van der Waals surface area contributed by atoms with Crippen LogP contribution in [0, 0.1) is 9.81 Å². The minimum atomic E-state index is 0.348. The summed E-state index contributed by atoms with van der Waals surface area (Å²) in [7, 11) is 0. The lowest BCUT2D eigenvalue weighted by Crippen LogP contribution is -1.94. The van der Waals surface area contributed by atoms with Gasteiger partial charge in [-0.1, -0.05) is 0 Å². The Kier molecular flexibility index (Phi) is 2.25. The maximum Gasteiger partial charge on any atom is 0.110 e. The Labute approximate surface area is 58.3 Å². The second-order valence-electron chi connectivity index (χ2n) is 2.28. The molecule has 0 radical (unpaired) electrons. The summed E-state index contributed by atoms with van der Waals surface area (Å²) >= 11 is 0. The maximum absolute atomic E-state index is 10.0. The van der Waals surface area contributed by atoms with Crippen LogP contribution in [0.1, 0.15) is 25.7 Å². The van der Waals surface area contributed by atoms with Crippen molar-refractivity contribution in [3.8, 4) is 0 Å². The standard InChI is InChI=1S/C6H8N2O2/c9-7-5-3-1-2-4-6(5)8-10/h1-4H2. The minimum absolute atomic E-state index is 0.348. The Hall–Kier alpha value is -1.06. The van der Waals surface area contributed by atoms with Gasteiger partial charge in [-0.3, -0.25) is 0 Å². The minimum Gasteiger partial charge on any atom is -0.145 e. The van der Waals surface area contributed by atoms with Gasteiger partial charge in [0.05, 0.1) is 0 Å². The molecule has 0 amide bonds. The first-order valence-electron chi connectivity index (χ1n) is 3.27. The zero-order chi connectivity index (χ0) is 7.40. The van der Waals surface area contributed by atoms with Gasteiger partial charge >= 0.3 is 0 Å². The molecule has 0 aliphatic heterocycles. The molecule has 0 aromatic rings. The molecule has 0 aromatic heterocycles. The molecular formula is C6H8N2O2. The molecule has 1 aliphatic rings. The van der Waals surface area contributed by atoms with E-state index in [4.69, 9.17) is 0 Å². The van der Waals surface area contributed by atoms with Crippen LogP contribution in [0.5, 0.6) is 0 Å². The maximum atomic E-state index is 10.0. The predicted molar refractivity (Wildman–Crippen MR) is 37.1 cm³/mol. The van der Waals surface area contributed by atoms with Crippen LogP contribution in [0.25, 0.3) is 0 Å². The highest BCUT2D eigenvalue weighted by Crippen LogP contribution is 2.25. The Bertz CT molecular complexity index is 166. The Morgan fingerprint density at radius 1 is 0.900 bits per heavy atom. The van der Waals surface area contributed by atoms with E-state index >= 15 is 0 Å².